The number of carbonyl (C=O) groups is 2. The van der Waals surface area contributed by atoms with Gasteiger partial charge in [-0.15, -0.1) is 0 Å². The van der Waals surface area contributed by atoms with Crippen LogP contribution in [0.3, 0.4) is 0 Å². The minimum Gasteiger partial charge on any atom is -0.481 e. The highest BCUT2D eigenvalue weighted by molar-refractivity contribution is 5.75. The van der Waals surface area contributed by atoms with Gasteiger partial charge in [-0.1, -0.05) is 25.4 Å². The zero-order valence-electron chi connectivity index (χ0n) is 12.6. The Bertz CT molecular complexity index is 457. The lowest BCUT2D eigenvalue weighted by Crippen LogP contribution is -2.24. The van der Waals surface area contributed by atoms with Crippen LogP contribution in [0.2, 0.25) is 0 Å². The van der Waals surface area contributed by atoms with Crippen molar-refractivity contribution in [2.75, 3.05) is 6.54 Å². The van der Waals surface area contributed by atoms with Crippen molar-refractivity contribution in [3.8, 4) is 0 Å². The Morgan fingerprint density at radius 3 is 2.62 bits per heavy atom. The van der Waals surface area contributed by atoms with Crippen molar-refractivity contribution in [2.45, 2.75) is 58.3 Å². The summed E-state index contributed by atoms with van der Waals surface area (Å²) >= 11 is 0. The van der Waals surface area contributed by atoms with E-state index in [1.165, 1.54) is 0 Å². The molecule has 7 heteroatoms. The fourth-order valence-corrected chi connectivity index (χ4v) is 1.72. The Balaban J connectivity index is 2.09. The molecule has 1 aromatic rings. The SMILES string of the molecule is CC(C)c1noc(CCC(=O)NCCCCCC(=O)O)n1. The third-order valence-corrected chi connectivity index (χ3v) is 2.96. The number of aromatic nitrogens is 2. The molecule has 7 nitrogen and oxygen atoms in total. The van der Waals surface area contributed by atoms with Gasteiger partial charge >= 0.3 is 5.97 Å². The van der Waals surface area contributed by atoms with Crippen LogP contribution in [-0.4, -0.2) is 33.7 Å². The first-order chi connectivity index (χ1) is 9.99. The number of hydrogen-bond donors (Lipinski definition) is 2. The second-order valence-corrected chi connectivity index (χ2v) is 5.26. The standard InChI is InChI=1S/C14H23N3O4/c1-10(2)14-16-12(21-17-14)8-7-11(18)15-9-5-3-4-6-13(19)20/h10H,3-9H2,1-2H3,(H,15,18)(H,19,20). The maximum absolute atomic E-state index is 11.6. The average Bonchev–Trinajstić information content (AvgIpc) is 2.89. The molecule has 0 fully saturated rings. The van der Waals surface area contributed by atoms with Crippen LogP contribution in [-0.2, 0) is 16.0 Å². The molecule has 0 saturated heterocycles. The fraction of sp³-hybridized carbons (Fsp3) is 0.714. The van der Waals surface area contributed by atoms with Crippen molar-refractivity contribution in [1.29, 1.82) is 0 Å². The van der Waals surface area contributed by atoms with E-state index in [4.69, 9.17) is 9.63 Å². The summed E-state index contributed by atoms with van der Waals surface area (Å²) in [6, 6.07) is 0. The number of nitrogens with one attached hydrogen (secondary N) is 1. The predicted molar refractivity (Wildman–Crippen MR) is 75.8 cm³/mol. The monoisotopic (exact) mass is 297 g/mol. The van der Waals surface area contributed by atoms with Gasteiger partial charge in [-0.25, -0.2) is 0 Å². The Labute approximate surface area is 124 Å². The van der Waals surface area contributed by atoms with Gasteiger partial charge in [0, 0.05) is 31.7 Å². The lowest BCUT2D eigenvalue weighted by atomic mass is 10.2. The zero-order valence-corrected chi connectivity index (χ0v) is 12.6. The second kappa shape index (κ2) is 9.10. The van der Waals surface area contributed by atoms with Gasteiger partial charge in [0.25, 0.3) is 0 Å². The number of amides is 1. The Hall–Kier alpha value is -1.92. The van der Waals surface area contributed by atoms with Crippen molar-refractivity contribution in [3.63, 3.8) is 0 Å². The van der Waals surface area contributed by atoms with Crippen LogP contribution in [0, 0.1) is 0 Å². The number of carboxylic acids is 1. The van der Waals surface area contributed by atoms with Crippen LogP contribution in [0.4, 0.5) is 0 Å². The molecule has 1 amide bonds. The molecule has 0 aliphatic heterocycles. The van der Waals surface area contributed by atoms with E-state index in [0.29, 0.717) is 37.5 Å². The first-order valence-electron chi connectivity index (χ1n) is 7.30. The minimum absolute atomic E-state index is 0.0578. The number of aryl methyl sites for hydroxylation is 1. The minimum atomic E-state index is -0.778. The largest absolute Gasteiger partial charge is 0.481 e. The number of carboxylic acid groups (broad SMARTS) is 1. The van der Waals surface area contributed by atoms with Gasteiger partial charge in [-0.2, -0.15) is 4.98 Å². The number of aliphatic carboxylic acids is 1. The summed E-state index contributed by atoms with van der Waals surface area (Å²) in [6.45, 7) is 4.52. The van der Waals surface area contributed by atoms with Gasteiger partial charge in [0.1, 0.15) is 0 Å². The third-order valence-electron chi connectivity index (χ3n) is 2.96. The van der Waals surface area contributed by atoms with E-state index in [2.05, 4.69) is 15.5 Å². The molecule has 0 bridgehead atoms. The maximum Gasteiger partial charge on any atom is 0.303 e. The molecule has 0 atom stereocenters. The zero-order chi connectivity index (χ0) is 15.7. The average molecular weight is 297 g/mol. The van der Waals surface area contributed by atoms with E-state index >= 15 is 0 Å². The van der Waals surface area contributed by atoms with Crippen LogP contribution >= 0.6 is 0 Å². The normalized spacial score (nSPS) is 10.8. The van der Waals surface area contributed by atoms with Crippen molar-refractivity contribution in [1.82, 2.24) is 15.5 Å². The molecule has 2 N–H and O–H groups in total. The highest BCUT2D eigenvalue weighted by Gasteiger charge is 2.11. The van der Waals surface area contributed by atoms with Crippen molar-refractivity contribution in [2.24, 2.45) is 0 Å². The smallest absolute Gasteiger partial charge is 0.303 e. The number of nitrogens with zero attached hydrogens (tertiary/aromatic N) is 2. The lowest BCUT2D eigenvalue weighted by Gasteiger charge is -2.03. The van der Waals surface area contributed by atoms with Gasteiger partial charge in [0.05, 0.1) is 0 Å². The third kappa shape index (κ3) is 7.43. The molecule has 0 aliphatic rings. The van der Waals surface area contributed by atoms with Crippen molar-refractivity contribution < 1.29 is 19.2 Å². The van der Waals surface area contributed by atoms with E-state index in [1.807, 2.05) is 13.8 Å². The molecular weight excluding hydrogens is 274 g/mol. The number of carbonyl (C=O) groups excluding carboxylic acids is 1. The second-order valence-electron chi connectivity index (χ2n) is 5.26. The lowest BCUT2D eigenvalue weighted by molar-refractivity contribution is -0.137. The molecule has 118 valence electrons. The topological polar surface area (TPSA) is 105 Å². The van der Waals surface area contributed by atoms with Crippen LogP contribution in [0.15, 0.2) is 4.52 Å². The number of unbranched alkanes of at least 4 members (excludes halogenated alkanes) is 2. The van der Waals surface area contributed by atoms with Crippen molar-refractivity contribution >= 4 is 11.9 Å². The maximum atomic E-state index is 11.6. The van der Waals surface area contributed by atoms with Gasteiger partial charge in [0.15, 0.2) is 5.82 Å². The molecule has 0 aromatic carbocycles. The summed E-state index contributed by atoms with van der Waals surface area (Å²) in [6.07, 6.45) is 3.17. The summed E-state index contributed by atoms with van der Waals surface area (Å²) in [4.78, 5) is 26.1. The molecule has 21 heavy (non-hydrogen) atoms. The summed E-state index contributed by atoms with van der Waals surface area (Å²) in [5.41, 5.74) is 0. The predicted octanol–water partition coefficient (Wildman–Crippen LogP) is 1.89. The van der Waals surface area contributed by atoms with E-state index in [1.54, 1.807) is 0 Å². The summed E-state index contributed by atoms with van der Waals surface area (Å²) in [7, 11) is 0. The quantitative estimate of drug-likeness (QED) is 0.639. The molecule has 0 saturated carbocycles. The summed E-state index contributed by atoms with van der Waals surface area (Å²) in [5, 5.41) is 15.1. The Morgan fingerprint density at radius 2 is 2.00 bits per heavy atom. The molecule has 1 heterocycles. The molecule has 0 radical (unpaired) electrons. The van der Waals surface area contributed by atoms with E-state index < -0.39 is 5.97 Å². The molecular formula is C14H23N3O4. The fourth-order valence-electron chi connectivity index (χ4n) is 1.72. The number of rotatable bonds is 10. The number of hydrogen-bond acceptors (Lipinski definition) is 5. The molecule has 0 aliphatic carbocycles. The van der Waals surface area contributed by atoms with Gasteiger partial charge < -0.3 is 14.9 Å². The Kier molecular flexibility index (Phi) is 7.42. The van der Waals surface area contributed by atoms with E-state index in [-0.39, 0.29) is 18.2 Å². The van der Waals surface area contributed by atoms with Gasteiger partial charge in [-0.3, -0.25) is 9.59 Å². The first kappa shape index (κ1) is 17.1. The first-order valence-corrected chi connectivity index (χ1v) is 7.30. The van der Waals surface area contributed by atoms with E-state index in [0.717, 1.165) is 12.8 Å². The molecule has 1 aromatic heterocycles. The summed E-state index contributed by atoms with van der Waals surface area (Å²) in [5.74, 6) is 0.512. The van der Waals surface area contributed by atoms with Crippen LogP contribution < -0.4 is 5.32 Å². The van der Waals surface area contributed by atoms with Crippen LogP contribution in [0.1, 0.15) is 63.6 Å². The van der Waals surface area contributed by atoms with Crippen LogP contribution in [0.5, 0.6) is 0 Å². The van der Waals surface area contributed by atoms with E-state index in [9.17, 15) is 9.59 Å². The molecule has 1 rings (SSSR count). The van der Waals surface area contributed by atoms with Gasteiger partial charge in [-0.05, 0) is 12.8 Å². The van der Waals surface area contributed by atoms with Crippen LogP contribution in [0.25, 0.3) is 0 Å². The van der Waals surface area contributed by atoms with Gasteiger partial charge in [0.2, 0.25) is 11.8 Å². The summed E-state index contributed by atoms with van der Waals surface area (Å²) < 4.78 is 5.06. The highest BCUT2D eigenvalue weighted by Crippen LogP contribution is 2.10. The Morgan fingerprint density at radius 1 is 1.24 bits per heavy atom. The van der Waals surface area contributed by atoms with Crippen molar-refractivity contribution in [3.05, 3.63) is 11.7 Å². The highest BCUT2D eigenvalue weighted by atomic mass is 16.5. The molecule has 0 unspecified atom stereocenters. The molecule has 0 spiro atoms.